The summed E-state index contributed by atoms with van der Waals surface area (Å²) in [5.74, 6) is -0.486. The lowest BCUT2D eigenvalue weighted by atomic mass is 10.2. The van der Waals surface area contributed by atoms with E-state index in [9.17, 15) is 17.6 Å². The maximum atomic E-state index is 12.9. The predicted molar refractivity (Wildman–Crippen MR) is 86.7 cm³/mol. The molecule has 0 atom stereocenters. The first-order valence-corrected chi connectivity index (χ1v) is 9.68. The first kappa shape index (κ1) is 17.9. The second-order valence-electron chi connectivity index (χ2n) is 6.02. The van der Waals surface area contributed by atoms with Crippen LogP contribution in [0.1, 0.15) is 37.7 Å². The highest BCUT2D eigenvalue weighted by Gasteiger charge is 2.21. The van der Waals surface area contributed by atoms with E-state index in [2.05, 4.69) is 5.32 Å². The van der Waals surface area contributed by atoms with E-state index in [1.54, 1.807) is 12.1 Å². The lowest BCUT2D eigenvalue weighted by Crippen LogP contribution is -2.37. The number of nitrogens with one attached hydrogen (secondary N) is 1. The third kappa shape index (κ3) is 5.91. The fourth-order valence-electron chi connectivity index (χ4n) is 2.75. The van der Waals surface area contributed by atoms with Crippen LogP contribution in [0.3, 0.4) is 0 Å². The maximum absolute atomic E-state index is 12.9. The lowest BCUT2D eigenvalue weighted by Gasteiger charge is -2.20. The van der Waals surface area contributed by atoms with E-state index in [0.29, 0.717) is 5.56 Å². The molecule has 1 aliphatic carbocycles. The van der Waals surface area contributed by atoms with Crippen LogP contribution in [0.4, 0.5) is 4.39 Å². The van der Waals surface area contributed by atoms with Crippen LogP contribution < -0.4 is 5.32 Å². The number of carbonyl (C=O) groups is 1. The summed E-state index contributed by atoms with van der Waals surface area (Å²) in [4.78, 5) is 11.9. The molecule has 1 aliphatic rings. The number of amides is 1. The van der Waals surface area contributed by atoms with Crippen LogP contribution in [0, 0.1) is 5.82 Å². The molecule has 0 saturated heterocycles. The highest BCUT2D eigenvalue weighted by molar-refractivity contribution is 7.88. The predicted octanol–water partition coefficient (Wildman–Crippen LogP) is 2.04. The summed E-state index contributed by atoms with van der Waals surface area (Å²) >= 11 is 0. The van der Waals surface area contributed by atoms with Gasteiger partial charge in [-0.3, -0.25) is 4.79 Å². The smallest absolute Gasteiger partial charge is 0.221 e. The van der Waals surface area contributed by atoms with Crippen molar-refractivity contribution in [1.82, 2.24) is 9.62 Å². The zero-order valence-corrected chi connectivity index (χ0v) is 14.1. The summed E-state index contributed by atoms with van der Waals surface area (Å²) in [5, 5.41) is 2.95. The zero-order valence-electron chi connectivity index (χ0n) is 13.3. The summed E-state index contributed by atoms with van der Waals surface area (Å²) in [6.45, 7) is 0.255. The molecule has 1 saturated carbocycles. The van der Waals surface area contributed by atoms with Crippen LogP contribution in [-0.4, -0.2) is 37.5 Å². The van der Waals surface area contributed by atoms with E-state index >= 15 is 0 Å². The number of halogens is 1. The molecular formula is C16H23FN2O3S. The first-order chi connectivity index (χ1) is 10.8. The number of hydrogen-bond donors (Lipinski definition) is 1. The highest BCUT2D eigenvalue weighted by atomic mass is 32.2. The maximum Gasteiger partial charge on any atom is 0.221 e. The van der Waals surface area contributed by atoms with Gasteiger partial charge in [0.25, 0.3) is 0 Å². The van der Waals surface area contributed by atoms with Gasteiger partial charge >= 0.3 is 0 Å². The standard InChI is InChI=1S/C16H23FN2O3S/c1-23(21,22)19(12-13-6-8-14(17)9-7-13)11-10-16(20)18-15-4-2-3-5-15/h6-9,15H,2-5,10-12H2,1H3,(H,18,20). The molecule has 7 heteroatoms. The molecule has 128 valence electrons. The van der Waals surface area contributed by atoms with Crippen LogP contribution in [0.25, 0.3) is 0 Å². The van der Waals surface area contributed by atoms with Crippen molar-refractivity contribution in [3.8, 4) is 0 Å². The minimum atomic E-state index is -3.44. The summed E-state index contributed by atoms with van der Waals surface area (Å²) in [7, 11) is -3.44. The Bertz CT molecular complexity index is 625. The molecule has 0 aliphatic heterocycles. The summed E-state index contributed by atoms with van der Waals surface area (Å²) in [6.07, 6.45) is 5.50. The Labute approximate surface area is 136 Å². The van der Waals surface area contributed by atoms with Gasteiger partial charge in [0.05, 0.1) is 6.26 Å². The van der Waals surface area contributed by atoms with E-state index in [4.69, 9.17) is 0 Å². The molecule has 23 heavy (non-hydrogen) atoms. The summed E-state index contributed by atoms with van der Waals surface area (Å²) in [5.41, 5.74) is 0.688. The second-order valence-corrected chi connectivity index (χ2v) is 8.00. The van der Waals surface area contributed by atoms with Gasteiger partial charge in [0.1, 0.15) is 5.82 Å². The van der Waals surface area contributed by atoms with Crippen molar-refractivity contribution in [2.75, 3.05) is 12.8 Å². The van der Waals surface area contributed by atoms with Crippen molar-refractivity contribution in [3.05, 3.63) is 35.6 Å². The van der Waals surface area contributed by atoms with Crippen LogP contribution in [0.2, 0.25) is 0 Å². The number of carbonyl (C=O) groups excluding carboxylic acids is 1. The fraction of sp³-hybridized carbons (Fsp3) is 0.562. The molecular weight excluding hydrogens is 319 g/mol. The van der Waals surface area contributed by atoms with Crippen molar-refractivity contribution in [3.63, 3.8) is 0 Å². The molecule has 1 aromatic rings. The Morgan fingerprint density at radius 3 is 2.43 bits per heavy atom. The van der Waals surface area contributed by atoms with Crippen molar-refractivity contribution < 1.29 is 17.6 Å². The van der Waals surface area contributed by atoms with Crippen molar-refractivity contribution in [2.45, 2.75) is 44.7 Å². The van der Waals surface area contributed by atoms with E-state index in [-0.39, 0.29) is 37.3 Å². The SMILES string of the molecule is CS(=O)(=O)N(CCC(=O)NC1CCCC1)Cc1ccc(F)cc1. The zero-order chi connectivity index (χ0) is 16.9. The van der Waals surface area contributed by atoms with Crippen molar-refractivity contribution >= 4 is 15.9 Å². The number of nitrogens with zero attached hydrogens (tertiary/aromatic N) is 1. The van der Waals surface area contributed by atoms with Gasteiger partial charge in [-0.2, -0.15) is 4.31 Å². The van der Waals surface area contributed by atoms with Crippen LogP contribution >= 0.6 is 0 Å². The normalized spacial score (nSPS) is 16.0. The topological polar surface area (TPSA) is 66.5 Å². The van der Waals surface area contributed by atoms with E-state index < -0.39 is 10.0 Å². The molecule has 0 radical (unpaired) electrons. The van der Waals surface area contributed by atoms with Gasteiger partial charge in [0.2, 0.25) is 15.9 Å². The number of benzene rings is 1. The third-order valence-electron chi connectivity index (χ3n) is 4.05. The van der Waals surface area contributed by atoms with Crippen LogP contribution in [0.5, 0.6) is 0 Å². The Balaban J connectivity index is 1.90. The molecule has 5 nitrogen and oxygen atoms in total. The fourth-order valence-corrected chi connectivity index (χ4v) is 3.56. The summed E-state index contributed by atoms with van der Waals surface area (Å²) < 4.78 is 37.9. The molecule has 1 fully saturated rings. The quantitative estimate of drug-likeness (QED) is 0.824. The van der Waals surface area contributed by atoms with Gasteiger partial charge in [-0.05, 0) is 30.5 Å². The highest BCUT2D eigenvalue weighted by Crippen LogP contribution is 2.17. The van der Waals surface area contributed by atoms with Gasteiger partial charge in [-0.25, -0.2) is 12.8 Å². The van der Waals surface area contributed by atoms with Gasteiger partial charge in [-0.15, -0.1) is 0 Å². The van der Waals surface area contributed by atoms with Gasteiger partial charge in [0, 0.05) is 25.6 Å². The third-order valence-corrected chi connectivity index (χ3v) is 5.30. The number of hydrogen-bond acceptors (Lipinski definition) is 3. The van der Waals surface area contributed by atoms with E-state index in [1.165, 1.54) is 16.4 Å². The van der Waals surface area contributed by atoms with Gasteiger partial charge in [0.15, 0.2) is 0 Å². The number of rotatable bonds is 7. The second kappa shape index (κ2) is 7.88. The number of sulfonamides is 1. The molecule has 2 rings (SSSR count). The van der Waals surface area contributed by atoms with Crippen LogP contribution in [-0.2, 0) is 21.4 Å². The molecule has 1 aromatic carbocycles. The molecule has 0 unspecified atom stereocenters. The lowest BCUT2D eigenvalue weighted by molar-refractivity contribution is -0.121. The molecule has 1 N–H and O–H groups in total. The molecule has 0 bridgehead atoms. The molecule has 0 aromatic heterocycles. The Morgan fingerprint density at radius 1 is 1.26 bits per heavy atom. The first-order valence-electron chi connectivity index (χ1n) is 7.83. The monoisotopic (exact) mass is 342 g/mol. The van der Waals surface area contributed by atoms with E-state index in [0.717, 1.165) is 31.9 Å². The van der Waals surface area contributed by atoms with Gasteiger partial charge in [-0.1, -0.05) is 25.0 Å². The van der Waals surface area contributed by atoms with Crippen molar-refractivity contribution in [2.24, 2.45) is 0 Å². The van der Waals surface area contributed by atoms with E-state index in [1.807, 2.05) is 0 Å². The average Bonchev–Trinajstić information content (AvgIpc) is 2.97. The summed E-state index contributed by atoms with van der Waals surface area (Å²) in [6, 6.07) is 5.91. The van der Waals surface area contributed by atoms with Gasteiger partial charge < -0.3 is 5.32 Å². The average molecular weight is 342 g/mol. The largest absolute Gasteiger partial charge is 0.353 e. The Hall–Kier alpha value is -1.47. The van der Waals surface area contributed by atoms with Crippen molar-refractivity contribution in [1.29, 1.82) is 0 Å². The Morgan fingerprint density at radius 2 is 1.87 bits per heavy atom. The Kier molecular flexibility index (Phi) is 6.12. The molecule has 1 amide bonds. The minimum absolute atomic E-state index is 0.120. The minimum Gasteiger partial charge on any atom is -0.353 e. The molecule has 0 spiro atoms. The van der Waals surface area contributed by atoms with Crippen LogP contribution in [0.15, 0.2) is 24.3 Å². The molecule has 0 heterocycles.